The van der Waals surface area contributed by atoms with E-state index in [1.54, 1.807) is 68.3 Å². The van der Waals surface area contributed by atoms with Crippen molar-refractivity contribution in [2.45, 2.75) is 52.6 Å². The Hall–Kier alpha value is -3.09. The number of nitrogens with one attached hydrogen (secondary N) is 1. The Labute approximate surface area is 178 Å². The van der Waals surface area contributed by atoms with Crippen molar-refractivity contribution in [3.63, 3.8) is 0 Å². The van der Waals surface area contributed by atoms with Crippen molar-refractivity contribution < 1.29 is 19.1 Å². The average molecular weight is 414 g/mol. The minimum Gasteiger partial charge on any atom is -0.476 e. The van der Waals surface area contributed by atoms with Gasteiger partial charge in [-0.2, -0.15) is 0 Å². The molecular formula is C23H31N3O4. The van der Waals surface area contributed by atoms with Gasteiger partial charge >= 0.3 is 12.0 Å². The molecule has 0 spiro atoms. The maximum absolute atomic E-state index is 12.9. The summed E-state index contributed by atoms with van der Waals surface area (Å²) in [5.74, 6) is 0.597. The number of nitrogens with zero attached hydrogens (tertiary/aromatic N) is 2. The summed E-state index contributed by atoms with van der Waals surface area (Å²) in [5, 5.41) is 2.83. The van der Waals surface area contributed by atoms with Gasteiger partial charge in [0.15, 0.2) is 5.60 Å². The Bertz CT molecular complexity index is 807. The van der Waals surface area contributed by atoms with Crippen LogP contribution in [0, 0.1) is 0 Å². The molecule has 0 saturated heterocycles. The molecule has 7 heteroatoms. The largest absolute Gasteiger partial charge is 0.476 e. The third kappa shape index (κ3) is 6.76. The highest BCUT2D eigenvalue weighted by atomic mass is 16.6. The van der Waals surface area contributed by atoms with Crippen LogP contribution in [0.5, 0.6) is 5.75 Å². The second-order valence-electron chi connectivity index (χ2n) is 7.33. The quantitative estimate of drug-likeness (QED) is 0.436. The van der Waals surface area contributed by atoms with Crippen LogP contribution in [0.1, 0.15) is 47.0 Å². The standard InChI is InChI=1S/C23H31N3O4/c1-5-7-10-17-26(22(28)25-20-11-8-9-16-24-20)18-12-14-19(15-13-18)30-23(3,4)21(27)29-6-2/h8-9,11-16H,5-7,10,17H2,1-4H3,(H,24,25,28). The molecule has 7 nitrogen and oxygen atoms in total. The molecule has 0 unspecified atom stereocenters. The summed E-state index contributed by atoms with van der Waals surface area (Å²) in [7, 11) is 0. The SMILES string of the molecule is CCCCCN(C(=O)Nc1ccccn1)c1ccc(OC(C)(C)C(=O)OCC)cc1. The van der Waals surface area contributed by atoms with Crippen LogP contribution in [0.3, 0.4) is 0 Å². The smallest absolute Gasteiger partial charge is 0.349 e. The number of pyridine rings is 1. The van der Waals surface area contributed by atoms with Gasteiger partial charge in [0.05, 0.1) is 6.61 Å². The zero-order valence-corrected chi connectivity index (χ0v) is 18.2. The fourth-order valence-electron chi connectivity index (χ4n) is 2.82. The molecule has 1 heterocycles. The summed E-state index contributed by atoms with van der Waals surface area (Å²) in [6.07, 6.45) is 4.61. The Morgan fingerprint density at radius 3 is 2.40 bits per heavy atom. The van der Waals surface area contributed by atoms with Gasteiger partial charge in [0.2, 0.25) is 0 Å². The van der Waals surface area contributed by atoms with E-state index in [-0.39, 0.29) is 6.03 Å². The van der Waals surface area contributed by atoms with Gasteiger partial charge in [-0.25, -0.2) is 14.6 Å². The molecule has 0 aliphatic carbocycles. The van der Waals surface area contributed by atoms with Crippen LogP contribution in [0.4, 0.5) is 16.3 Å². The Kier molecular flexibility index (Phi) is 8.65. The molecule has 1 aromatic heterocycles. The lowest BCUT2D eigenvalue weighted by Crippen LogP contribution is -2.39. The van der Waals surface area contributed by atoms with Crippen LogP contribution < -0.4 is 15.0 Å². The molecule has 0 aliphatic rings. The summed E-state index contributed by atoms with van der Waals surface area (Å²) >= 11 is 0. The number of benzene rings is 1. The zero-order valence-electron chi connectivity index (χ0n) is 18.2. The molecular weight excluding hydrogens is 382 g/mol. The number of hydrogen-bond acceptors (Lipinski definition) is 5. The summed E-state index contributed by atoms with van der Waals surface area (Å²) in [6, 6.07) is 12.2. The van der Waals surface area contributed by atoms with Gasteiger partial charge in [0, 0.05) is 18.4 Å². The van der Waals surface area contributed by atoms with Gasteiger partial charge in [0.25, 0.3) is 0 Å². The number of aromatic nitrogens is 1. The first-order valence-electron chi connectivity index (χ1n) is 10.3. The van der Waals surface area contributed by atoms with Crippen molar-refractivity contribution in [1.82, 2.24) is 4.98 Å². The van der Waals surface area contributed by atoms with Crippen molar-refractivity contribution >= 4 is 23.5 Å². The number of urea groups is 1. The van der Waals surface area contributed by atoms with Gasteiger partial charge in [-0.3, -0.25) is 10.2 Å². The number of ether oxygens (including phenoxy) is 2. The topological polar surface area (TPSA) is 80.8 Å². The minimum atomic E-state index is -1.10. The van der Waals surface area contributed by atoms with E-state index >= 15 is 0 Å². The number of unbranched alkanes of at least 4 members (excludes halogenated alkanes) is 2. The third-order valence-corrected chi connectivity index (χ3v) is 4.42. The van der Waals surface area contributed by atoms with Crippen molar-refractivity contribution in [2.24, 2.45) is 0 Å². The summed E-state index contributed by atoms with van der Waals surface area (Å²) in [5.41, 5.74) is -0.366. The van der Waals surface area contributed by atoms with Crippen LogP contribution in [0.15, 0.2) is 48.7 Å². The molecule has 0 radical (unpaired) electrons. The van der Waals surface area contributed by atoms with Crippen LogP contribution in [0.25, 0.3) is 0 Å². The van der Waals surface area contributed by atoms with Crippen LogP contribution in [-0.2, 0) is 9.53 Å². The van der Waals surface area contributed by atoms with E-state index in [1.807, 2.05) is 6.07 Å². The van der Waals surface area contributed by atoms with Crippen molar-refractivity contribution in [3.8, 4) is 5.75 Å². The zero-order chi connectivity index (χ0) is 22.0. The second-order valence-corrected chi connectivity index (χ2v) is 7.33. The van der Waals surface area contributed by atoms with Gasteiger partial charge in [-0.1, -0.05) is 25.8 Å². The molecule has 2 rings (SSSR count). The lowest BCUT2D eigenvalue weighted by molar-refractivity contribution is -0.158. The number of hydrogen-bond donors (Lipinski definition) is 1. The highest BCUT2D eigenvalue weighted by molar-refractivity contribution is 6.01. The molecule has 1 N–H and O–H groups in total. The normalized spacial score (nSPS) is 10.9. The van der Waals surface area contributed by atoms with E-state index < -0.39 is 11.6 Å². The summed E-state index contributed by atoms with van der Waals surface area (Å²) < 4.78 is 10.9. The molecule has 0 bridgehead atoms. The molecule has 30 heavy (non-hydrogen) atoms. The molecule has 0 fully saturated rings. The number of carbonyl (C=O) groups is 2. The number of esters is 1. The van der Waals surface area contributed by atoms with Gasteiger partial charge in [-0.05, 0) is 63.6 Å². The lowest BCUT2D eigenvalue weighted by atomic mass is 10.1. The molecule has 0 atom stereocenters. The summed E-state index contributed by atoms with van der Waals surface area (Å²) in [6.45, 7) is 8.08. The fourth-order valence-corrected chi connectivity index (χ4v) is 2.82. The van der Waals surface area contributed by atoms with E-state index in [0.717, 1.165) is 24.9 Å². The first-order valence-corrected chi connectivity index (χ1v) is 10.3. The van der Waals surface area contributed by atoms with Crippen LogP contribution >= 0.6 is 0 Å². The Balaban J connectivity index is 2.13. The van der Waals surface area contributed by atoms with E-state index in [2.05, 4.69) is 17.2 Å². The van der Waals surface area contributed by atoms with Gasteiger partial charge in [0.1, 0.15) is 11.6 Å². The van der Waals surface area contributed by atoms with E-state index in [9.17, 15) is 9.59 Å². The predicted octanol–water partition coefficient (Wildman–Crippen LogP) is 5.03. The first kappa shape index (κ1) is 23.2. The van der Waals surface area contributed by atoms with Gasteiger partial charge in [-0.15, -0.1) is 0 Å². The average Bonchev–Trinajstić information content (AvgIpc) is 2.72. The maximum atomic E-state index is 12.9. The number of anilines is 2. The van der Waals surface area contributed by atoms with Crippen molar-refractivity contribution in [2.75, 3.05) is 23.4 Å². The molecule has 2 aromatic rings. The lowest BCUT2D eigenvalue weighted by Gasteiger charge is -2.26. The first-order chi connectivity index (χ1) is 14.4. The molecule has 0 saturated carbocycles. The van der Waals surface area contributed by atoms with Crippen molar-refractivity contribution in [3.05, 3.63) is 48.7 Å². The van der Waals surface area contributed by atoms with Crippen LogP contribution in [-0.4, -0.2) is 35.7 Å². The third-order valence-electron chi connectivity index (χ3n) is 4.42. The number of rotatable bonds is 10. The highest BCUT2D eigenvalue weighted by Crippen LogP contribution is 2.24. The maximum Gasteiger partial charge on any atom is 0.349 e. The van der Waals surface area contributed by atoms with Crippen LogP contribution in [0.2, 0.25) is 0 Å². The van der Waals surface area contributed by atoms with E-state index in [0.29, 0.717) is 24.7 Å². The van der Waals surface area contributed by atoms with E-state index in [4.69, 9.17) is 9.47 Å². The Morgan fingerprint density at radius 1 is 1.07 bits per heavy atom. The molecule has 2 amide bonds. The Morgan fingerprint density at radius 2 is 1.80 bits per heavy atom. The highest BCUT2D eigenvalue weighted by Gasteiger charge is 2.31. The summed E-state index contributed by atoms with van der Waals surface area (Å²) in [4.78, 5) is 30.7. The monoisotopic (exact) mass is 413 g/mol. The second kappa shape index (κ2) is 11.2. The minimum absolute atomic E-state index is 0.245. The number of amides is 2. The fraction of sp³-hybridized carbons (Fsp3) is 0.435. The molecule has 1 aromatic carbocycles. The van der Waals surface area contributed by atoms with E-state index in [1.165, 1.54) is 0 Å². The molecule has 162 valence electrons. The van der Waals surface area contributed by atoms with Gasteiger partial charge < -0.3 is 9.47 Å². The molecule has 0 aliphatic heterocycles. The predicted molar refractivity (Wildman–Crippen MR) is 118 cm³/mol. The van der Waals surface area contributed by atoms with Crippen molar-refractivity contribution in [1.29, 1.82) is 0 Å². The number of carbonyl (C=O) groups excluding carboxylic acids is 2.